The third-order valence-electron chi connectivity index (χ3n) is 5.95. The summed E-state index contributed by atoms with van der Waals surface area (Å²) in [5.41, 5.74) is 2.21. The maximum absolute atomic E-state index is 14.3. The Morgan fingerprint density at radius 3 is 2.28 bits per heavy atom. The highest BCUT2D eigenvalue weighted by Crippen LogP contribution is 2.36. The highest BCUT2D eigenvalue weighted by molar-refractivity contribution is 5.46. The minimum Gasteiger partial charge on any atom is -0.490 e. The first kappa shape index (κ1) is 21.4. The van der Waals surface area contributed by atoms with Crippen LogP contribution in [0.1, 0.15) is 81.4 Å². The van der Waals surface area contributed by atoms with Crippen LogP contribution in [0.4, 0.5) is 8.78 Å². The minimum atomic E-state index is -0.967. The van der Waals surface area contributed by atoms with Crippen molar-refractivity contribution in [2.24, 2.45) is 5.92 Å². The van der Waals surface area contributed by atoms with Crippen LogP contribution in [-0.4, -0.2) is 6.61 Å². The van der Waals surface area contributed by atoms with Crippen LogP contribution < -0.4 is 4.74 Å². The maximum Gasteiger partial charge on any atom is 0.201 e. The zero-order chi connectivity index (χ0) is 20.6. The molecule has 29 heavy (non-hydrogen) atoms. The van der Waals surface area contributed by atoms with E-state index in [9.17, 15) is 8.78 Å². The molecule has 0 spiro atoms. The van der Waals surface area contributed by atoms with E-state index in [-0.39, 0.29) is 11.3 Å². The lowest BCUT2D eigenvalue weighted by molar-refractivity contribution is 0.288. The zero-order valence-electron chi connectivity index (χ0n) is 17.4. The van der Waals surface area contributed by atoms with Crippen LogP contribution in [0.5, 0.6) is 5.75 Å². The van der Waals surface area contributed by atoms with Crippen LogP contribution in [0.15, 0.2) is 36.4 Å². The first-order valence-electron chi connectivity index (χ1n) is 10.8. The smallest absolute Gasteiger partial charge is 0.201 e. The van der Waals surface area contributed by atoms with Crippen molar-refractivity contribution in [2.45, 2.75) is 64.7 Å². The van der Waals surface area contributed by atoms with Crippen LogP contribution in [-0.2, 0) is 0 Å². The largest absolute Gasteiger partial charge is 0.490 e. The molecular formula is C26H30F2O. The average Bonchev–Trinajstić information content (AvgIpc) is 2.77. The number of ether oxygens (including phenoxy) is 1. The monoisotopic (exact) mass is 396 g/mol. The van der Waals surface area contributed by atoms with Gasteiger partial charge in [-0.05, 0) is 73.8 Å². The quantitative estimate of drug-likeness (QED) is 0.370. The van der Waals surface area contributed by atoms with E-state index in [0.29, 0.717) is 12.5 Å². The van der Waals surface area contributed by atoms with E-state index >= 15 is 0 Å². The number of hydrogen-bond acceptors (Lipinski definition) is 1. The fraction of sp³-hybridized carbons (Fsp3) is 0.462. The van der Waals surface area contributed by atoms with Gasteiger partial charge in [-0.15, -0.1) is 0 Å². The zero-order valence-corrected chi connectivity index (χ0v) is 17.4. The molecule has 0 N–H and O–H groups in total. The molecule has 0 heterocycles. The van der Waals surface area contributed by atoms with Crippen molar-refractivity contribution in [3.63, 3.8) is 0 Å². The second kappa shape index (κ2) is 10.4. The van der Waals surface area contributed by atoms with Gasteiger partial charge >= 0.3 is 0 Å². The highest BCUT2D eigenvalue weighted by atomic mass is 19.2. The van der Waals surface area contributed by atoms with Crippen molar-refractivity contribution in [1.82, 2.24) is 0 Å². The summed E-state index contributed by atoms with van der Waals surface area (Å²) in [6, 6.07) is 11.1. The molecule has 1 fully saturated rings. The molecule has 0 unspecified atom stereocenters. The molecule has 0 aromatic heterocycles. The average molecular weight is 397 g/mol. The van der Waals surface area contributed by atoms with Gasteiger partial charge in [-0.2, -0.15) is 4.39 Å². The van der Waals surface area contributed by atoms with Gasteiger partial charge in [0.25, 0.3) is 0 Å². The maximum atomic E-state index is 14.3. The minimum absolute atomic E-state index is 0.0484. The molecule has 0 saturated heterocycles. The third-order valence-corrected chi connectivity index (χ3v) is 5.95. The van der Waals surface area contributed by atoms with Gasteiger partial charge in [-0.1, -0.05) is 50.7 Å². The molecule has 0 bridgehead atoms. The lowest BCUT2D eigenvalue weighted by Gasteiger charge is -2.28. The number of hydrogen-bond donors (Lipinski definition) is 0. The fourth-order valence-electron chi connectivity index (χ4n) is 3.95. The highest BCUT2D eigenvalue weighted by Gasteiger charge is 2.21. The van der Waals surface area contributed by atoms with Gasteiger partial charge in [-0.3, -0.25) is 0 Å². The van der Waals surface area contributed by atoms with Crippen LogP contribution in [0.3, 0.4) is 0 Å². The molecule has 2 aromatic carbocycles. The summed E-state index contributed by atoms with van der Waals surface area (Å²) in [6.07, 6.45) is 8.15. The van der Waals surface area contributed by atoms with E-state index in [0.717, 1.165) is 24.3 Å². The Morgan fingerprint density at radius 2 is 1.62 bits per heavy atom. The molecule has 1 aliphatic carbocycles. The summed E-state index contributed by atoms with van der Waals surface area (Å²) in [6.45, 7) is 4.67. The Labute approximate surface area is 173 Å². The molecule has 1 aliphatic rings. The molecule has 1 nitrogen and oxygen atoms in total. The summed E-state index contributed by atoms with van der Waals surface area (Å²) in [5, 5.41) is 0. The van der Waals surface area contributed by atoms with E-state index in [2.05, 4.69) is 30.9 Å². The van der Waals surface area contributed by atoms with Crippen molar-refractivity contribution in [2.75, 3.05) is 6.61 Å². The summed E-state index contributed by atoms with van der Waals surface area (Å²) in [7, 11) is 0. The summed E-state index contributed by atoms with van der Waals surface area (Å²) in [5.74, 6) is 5.25. The molecule has 2 aromatic rings. The Kier molecular flexibility index (Phi) is 7.69. The van der Waals surface area contributed by atoms with E-state index in [1.54, 1.807) is 0 Å². The Hall–Kier alpha value is -2.34. The normalized spacial score (nSPS) is 18.8. The number of halogens is 2. The molecule has 0 radical (unpaired) electrons. The van der Waals surface area contributed by atoms with Crippen LogP contribution in [0, 0.1) is 29.4 Å². The topological polar surface area (TPSA) is 9.23 Å². The van der Waals surface area contributed by atoms with E-state index in [1.165, 1.54) is 49.8 Å². The summed E-state index contributed by atoms with van der Waals surface area (Å²) >= 11 is 0. The molecule has 1 saturated carbocycles. The van der Waals surface area contributed by atoms with Gasteiger partial charge in [0.1, 0.15) is 0 Å². The first-order valence-corrected chi connectivity index (χ1v) is 10.8. The number of benzene rings is 2. The second-order valence-corrected chi connectivity index (χ2v) is 7.94. The van der Waals surface area contributed by atoms with E-state index in [1.807, 2.05) is 19.1 Å². The number of rotatable bonds is 6. The van der Waals surface area contributed by atoms with Crippen molar-refractivity contribution < 1.29 is 13.5 Å². The van der Waals surface area contributed by atoms with Crippen molar-refractivity contribution in [3.8, 4) is 17.6 Å². The van der Waals surface area contributed by atoms with E-state index < -0.39 is 11.6 Å². The fourth-order valence-corrected chi connectivity index (χ4v) is 3.95. The lowest BCUT2D eigenvalue weighted by Crippen LogP contribution is -2.12. The molecule has 3 heteroatoms. The van der Waals surface area contributed by atoms with Gasteiger partial charge in [0.15, 0.2) is 11.6 Å². The molecule has 0 amide bonds. The van der Waals surface area contributed by atoms with Gasteiger partial charge in [0, 0.05) is 5.56 Å². The predicted molar refractivity (Wildman–Crippen MR) is 114 cm³/mol. The second-order valence-electron chi connectivity index (χ2n) is 7.94. The van der Waals surface area contributed by atoms with Crippen LogP contribution >= 0.6 is 0 Å². The first-order chi connectivity index (χ1) is 14.1. The molecule has 0 atom stereocenters. The molecule has 0 aliphatic heterocycles. The van der Waals surface area contributed by atoms with Crippen molar-refractivity contribution >= 4 is 0 Å². The Morgan fingerprint density at radius 1 is 0.897 bits per heavy atom. The van der Waals surface area contributed by atoms with Crippen LogP contribution in [0.25, 0.3) is 0 Å². The van der Waals surface area contributed by atoms with Crippen molar-refractivity contribution in [3.05, 3.63) is 64.7 Å². The Bertz CT molecular complexity index is 853. The van der Waals surface area contributed by atoms with Crippen LogP contribution in [0.2, 0.25) is 0 Å². The predicted octanol–water partition coefficient (Wildman–Crippen LogP) is 7.23. The molecular weight excluding hydrogens is 366 g/mol. The number of unbranched alkanes of at least 4 members (excludes halogenated alkanes) is 1. The standard InChI is InChI=1S/C26H30F2O/c1-3-5-18-29-24-17-16-23(25(27)26(24)28)15-10-20-8-13-22(14-9-20)21-11-6-19(4-2)7-12-21/h8-9,13-14,16-17,19,21H,3-7,11-12,18H2,1-2H3. The molecule has 3 rings (SSSR count). The molecule has 154 valence electrons. The van der Waals surface area contributed by atoms with Gasteiger partial charge in [0.2, 0.25) is 5.82 Å². The third kappa shape index (κ3) is 5.60. The van der Waals surface area contributed by atoms with E-state index in [4.69, 9.17) is 4.74 Å². The van der Waals surface area contributed by atoms with Gasteiger partial charge in [-0.25, -0.2) is 4.39 Å². The summed E-state index contributed by atoms with van der Waals surface area (Å²) in [4.78, 5) is 0. The van der Waals surface area contributed by atoms with Gasteiger partial charge in [0.05, 0.1) is 12.2 Å². The SMILES string of the molecule is CCCCOc1ccc(C#Cc2ccc(C3CCC(CC)CC3)cc2)c(F)c1F. The lowest BCUT2D eigenvalue weighted by atomic mass is 9.78. The summed E-state index contributed by atoms with van der Waals surface area (Å²) < 4.78 is 33.7. The Balaban J connectivity index is 1.66. The van der Waals surface area contributed by atoms with Gasteiger partial charge < -0.3 is 4.74 Å². The van der Waals surface area contributed by atoms with Crippen molar-refractivity contribution in [1.29, 1.82) is 0 Å².